The SMILES string of the molecule is C=C/C=C(\C=C)n1cnc2c(N)cccc2c1=O. The van der Waals surface area contributed by atoms with Gasteiger partial charge in [0, 0.05) is 5.70 Å². The number of aromatic nitrogens is 2. The van der Waals surface area contributed by atoms with E-state index in [4.69, 9.17) is 5.73 Å². The molecule has 0 bridgehead atoms. The average molecular weight is 239 g/mol. The van der Waals surface area contributed by atoms with Crippen LogP contribution in [0.4, 0.5) is 5.69 Å². The lowest BCUT2D eigenvalue weighted by atomic mass is 10.2. The quantitative estimate of drug-likeness (QED) is 0.659. The predicted molar refractivity (Wildman–Crippen MR) is 75.1 cm³/mol. The number of anilines is 1. The van der Waals surface area contributed by atoms with Crippen LogP contribution in [0.15, 0.2) is 60.7 Å². The minimum absolute atomic E-state index is 0.180. The third kappa shape index (κ3) is 1.84. The highest BCUT2D eigenvalue weighted by atomic mass is 16.1. The highest BCUT2D eigenvalue weighted by Crippen LogP contribution is 2.15. The number of nitrogens with two attached hydrogens (primary N) is 1. The molecule has 0 atom stereocenters. The molecule has 0 aliphatic carbocycles. The van der Waals surface area contributed by atoms with Crippen molar-refractivity contribution in [1.29, 1.82) is 0 Å². The summed E-state index contributed by atoms with van der Waals surface area (Å²) >= 11 is 0. The number of hydrogen-bond donors (Lipinski definition) is 1. The lowest BCUT2D eigenvalue weighted by Gasteiger charge is -2.07. The van der Waals surface area contributed by atoms with Gasteiger partial charge in [-0.05, 0) is 24.3 Å². The summed E-state index contributed by atoms with van der Waals surface area (Å²) in [6.07, 6.45) is 6.29. The number of allylic oxidation sites excluding steroid dienone is 4. The molecule has 4 heteroatoms. The van der Waals surface area contributed by atoms with Crippen molar-refractivity contribution in [2.75, 3.05) is 5.73 Å². The molecule has 2 aromatic rings. The van der Waals surface area contributed by atoms with Crippen LogP contribution in [0.25, 0.3) is 16.6 Å². The molecule has 0 saturated carbocycles. The van der Waals surface area contributed by atoms with Crippen LogP contribution in [0, 0.1) is 0 Å². The van der Waals surface area contributed by atoms with Crippen molar-refractivity contribution in [3.8, 4) is 0 Å². The van der Waals surface area contributed by atoms with Gasteiger partial charge in [-0.25, -0.2) is 4.98 Å². The molecule has 2 N–H and O–H groups in total. The molecule has 0 fully saturated rings. The van der Waals surface area contributed by atoms with E-state index in [0.717, 1.165) is 0 Å². The van der Waals surface area contributed by atoms with Gasteiger partial charge in [0.05, 0.1) is 11.1 Å². The summed E-state index contributed by atoms with van der Waals surface area (Å²) in [4.78, 5) is 16.5. The molecular weight excluding hydrogens is 226 g/mol. The molecule has 0 spiro atoms. The van der Waals surface area contributed by atoms with Crippen LogP contribution in [0.2, 0.25) is 0 Å². The Hall–Kier alpha value is -2.62. The zero-order valence-electron chi connectivity index (χ0n) is 9.84. The molecule has 0 amide bonds. The van der Waals surface area contributed by atoms with E-state index in [1.165, 1.54) is 10.9 Å². The van der Waals surface area contributed by atoms with Gasteiger partial charge in [-0.2, -0.15) is 0 Å². The summed E-state index contributed by atoms with van der Waals surface area (Å²) in [5.41, 5.74) is 7.22. The van der Waals surface area contributed by atoms with Crippen LogP contribution in [-0.2, 0) is 0 Å². The summed E-state index contributed by atoms with van der Waals surface area (Å²) < 4.78 is 1.41. The van der Waals surface area contributed by atoms with Crippen LogP contribution in [0.5, 0.6) is 0 Å². The van der Waals surface area contributed by atoms with Gasteiger partial charge in [0.15, 0.2) is 0 Å². The van der Waals surface area contributed by atoms with Crippen molar-refractivity contribution < 1.29 is 0 Å². The van der Waals surface area contributed by atoms with Crippen molar-refractivity contribution in [2.45, 2.75) is 0 Å². The van der Waals surface area contributed by atoms with Crippen molar-refractivity contribution >= 4 is 22.3 Å². The van der Waals surface area contributed by atoms with E-state index in [-0.39, 0.29) is 5.56 Å². The van der Waals surface area contributed by atoms with E-state index < -0.39 is 0 Å². The number of para-hydroxylation sites is 1. The summed E-state index contributed by atoms with van der Waals surface area (Å²) in [6, 6.07) is 5.15. The molecule has 4 nitrogen and oxygen atoms in total. The normalized spacial score (nSPS) is 11.4. The predicted octanol–water partition coefficient (Wildman–Crippen LogP) is 2.19. The Labute approximate surface area is 104 Å². The van der Waals surface area contributed by atoms with Crippen LogP contribution < -0.4 is 11.3 Å². The largest absolute Gasteiger partial charge is 0.397 e. The molecule has 1 heterocycles. The minimum atomic E-state index is -0.180. The van der Waals surface area contributed by atoms with Gasteiger partial charge in [0.2, 0.25) is 0 Å². The number of fused-ring (bicyclic) bond motifs is 1. The van der Waals surface area contributed by atoms with Gasteiger partial charge in [-0.3, -0.25) is 9.36 Å². The standard InChI is InChI=1S/C14H13N3O/c1-3-6-10(4-2)17-9-16-13-11(14(17)18)7-5-8-12(13)15/h3-9H,1-2,15H2/b10-6+. The molecule has 18 heavy (non-hydrogen) atoms. The highest BCUT2D eigenvalue weighted by molar-refractivity contribution is 5.88. The number of nitrogens with zero attached hydrogens (tertiary/aromatic N) is 2. The Bertz CT molecular complexity index is 711. The van der Waals surface area contributed by atoms with Crippen molar-refractivity contribution in [2.24, 2.45) is 0 Å². The molecule has 1 aromatic carbocycles. The first-order valence-corrected chi connectivity index (χ1v) is 5.40. The summed E-state index contributed by atoms with van der Waals surface area (Å²) in [5.74, 6) is 0. The summed E-state index contributed by atoms with van der Waals surface area (Å²) in [6.45, 7) is 7.27. The molecule has 90 valence electrons. The lowest BCUT2D eigenvalue weighted by molar-refractivity contribution is 0.996. The van der Waals surface area contributed by atoms with Crippen molar-refractivity contribution in [1.82, 2.24) is 9.55 Å². The first-order chi connectivity index (χ1) is 8.69. The third-order valence-electron chi connectivity index (χ3n) is 2.59. The maximum Gasteiger partial charge on any atom is 0.265 e. The van der Waals surface area contributed by atoms with E-state index in [1.807, 2.05) is 0 Å². The van der Waals surface area contributed by atoms with E-state index in [2.05, 4.69) is 18.1 Å². The Morgan fingerprint density at radius 1 is 1.39 bits per heavy atom. The fourth-order valence-electron chi connectivity index (χ4n) is 1.73. The fourth-order valence-corrected chi connectivity index (χ4v) is 1.73. The second-order valence-electron chi connectivity index (χ2n) is 3.69. The maximum atomic E-state index is 12.3. The average Bonchev–Trinajstić information content (AvgIpc) is 2.38. The highest BCUT2D eigenvalue weighted by Gasteiger charge is 2.07. The monoisotopic (exact) mass is 239 g/mol. The van der Waals surface area contributed by atoms with Crippen LogP contribution >= 0.6 is 0 Å². The van der Waals surface area contributed by atoms with E-state index >= 15 is 0 Å². The summed E-state index contributed by atoms with van der Waals surface area (Å²) in [7, 11) is 0. The number of hydrogen-bond acceptors (Lipinski definition) is 3. The van der Waals surface area contributed by atoms with Crippen molar-refractivity contribution in [3.63, 3.8) is 0 Å². The fraction of sp³-hybridized carbons (Fsp3) is 0. The van der Waals surface area contributed by atoms with Crippen LogP contribution in [0.3, 0.4) is 0 Å². The van der Waals surface area contributed by atoms with Gasteiger partial charge in [-0.1, -0.05) is 25.3 Å². The van der Waals surface area contributed by atoms with Gasteiger partial charge >= 0.3 is 0 Å². The molecule has 0 saturated heterocycles. The van der Waals surface area contributed by atoms with Gasteiger partial charge < -0.3 is 5.73 Å². The second kappa shape index (κ2) is 4.71. The Morgan fingerprint density at radius 2 is 2.17 bits per heavy atom. The number of rotatable bonds is 3. The van der Waals surface area contributed by atoms with Gasteiger partial charge in [0.1, 0.15) is 11.8 Å². The smallest absolute Gasteiger partial charge is 0.265 e. The zero-order chi connectivity index (χ0) is 13.1. The summed E-state index contributed by atoms with van der Waals surface area (Å²) in [5, 5.41) is 0.481. The molecule has 1 aromatic heterocycles. The second-order valence-corrected chi connectivity index (χ2v) is 3.69. The Balaban J connectivity index is 2.81. The molecular formula is C14H13N3O. The van der Waals surface area contributed by atoms with Crippen LogP contribution in [0.1, 0.15) is 0 Å². The Kier molecular flexibility index (Phi) is 3.10. The first-order valence-electron chi connectivity index (χ1n) is 5.40. The molecule has 0 unspecified atom stereocenters. The first kappa shape index (κ1) is 11.9. The van der Waals surface area contributed by atoms with E-state index in [0.29, 0.717) is 22.3 Å². The maximum absolute atomic E-state index is 12.3. The molecule has 0 aliphatic heterocycles. The van der Waals surface area contributed by atoms with Crippen LogP contribution in [-0.4, -0.2) is 9.55 Å². The van der Waals surface area contributed by atoms with Crippen molar-refractivity contribution in [3.05, 3.63) is 66.3 Å². The topological polar surface area (TPSA) is 60.9 Å². The van der Waals surface area contributed by atoms with Gasteiger partial charge in [0.25, 0.3) is 5.56 Å². The number of benzene rings is 1. The third-order valence-corrected chi connectivity index (χ3v) is 2.59. The zero-order valence-corrected chi connectivity index (χ0v) is 9.84. The van der Waals surface area contributed by atoms with E-state index in [9.17, 15) is 4.79 Å². The van der Waals surface area contributed by atoms with Gasteiger partial charge in [-0.15, -0.1) is 0 Å². The molecule has 2 rings (SSSR count). The van der Waals surface area contributed by atoms with E-state index in [1.54, 1.807) is 36.4 Å². The molecule has 0 radical (unpaired) electrons. The molecule has 0 aliphatic rings. The minimum Gasteiger partial charge on any atom is -0.397 e. The number of nitrogen functional groups attached to an aromatic ring is 1. The Morgan fingerprint density at radius 3 is 2.83 bits per heavy atom. The lowest BCUT2D eigenvalue weighted by Crippen LogP contribution is -2.19.